The quantitative estimate of drug-likeness (QED) is 0.814. The number of amides is 1. The summed E-state index contributed by atoms with van der Waals surface area (Å²) in [4.78, 5) is 24.1. The van der Waals surface area contributed by atoms with Crippen molar-refractivity contribution in [2.24, 2.45) is 0 Å². The topological polar surface area (TPSA) is 46.2 Å². The van der Waals surface area contributed by atoms with Crippen LogP contribution in [0, 0.1) is 0 Å². The lowest BCUT2D eigenvalue weighted by Crippen LogP contribution is -2.26. The van der Waals surface area contributed by atoms with Gasteiger partial charge in [-0.15, -0.1) is 0 Å². The number of nitrogens with one attached hydrogen (secondary N) is 1. The molecule has 3 nitrogen and oxygen atoms in total. The van der Waals surface area contributed by atoms with Gasteiger partial charge in [-0.3, -0.25) is 9.59 Å². The van der Waals surface area contributed by atoms with Crippen LogP contribution in [0.25, 0.3) is 0 Å². The minimum atomic E-state index is -0.109. The van der Waals surface area contributed by atoms with Gasteiger partial charge in [0.25, 0.3) is 0 Å². The van der Waals surface area contributed by atoms with E-state index in [0.717, 1.165) is 12.0 Å². The van der Waals surface area contributed by atoms with Gasteiger partial charge < -0.3 is 5.32 Å². The first kappa shape index (κ1) is 16.0. The number of hydrogen-bond acceptors (Lipinski definition) is 2. The van der Waals surface area contributed by atoms with E-state index in [0.29, 0.717) is 17.5 Å². The molecule has 1 amide bonds. The zero-order valence-electron chi connectivity index (χ0n) is 13.0. The Labute approximate surface area is 132 Å². The molecule has 0 aliphatic carbocycles. The Morgan fingerprint density at radius 1 is 1.05 bits per heavy atom. The highest BCUT2D eigenvalue weighted by molar-refractivity contribution is 6.09. The molecule has 116 valence electrons. The van der Waals surface area contributed by atoms with Crippen LogP contribution in [0.4, 0.5) is 0 Å². The summed E-state index contributed by atoms with van der Waals surface area (Å²) in [6.07, 6.45) is 1.35. The smallest absolute Gasteiger partial charge is 0.220 e. The minimum Gasteiger partial charge on any atom is -0.350 e. The van der Waals surface area contributed by atoms with Crippen molar-refractivity contribution < 1.29 is 11.0 Å². The maximum atomic E-state index is 12.5. The summed E-state index contributed by atoms with van der Waals surface area (Å²) in [5.41, 5.74) is 2.24. The second-order valence-corrected chi connectivity index (χ2v) is 5.36. The van der Waals surface area contributed by atoms with Crippen molar-refractivity contribution in [3.05, 3.63) is 71.3 Å². The monoisotopic (exact) mass is 297 g/mol. The molecule has 0 spiro atoms. The molecule has 0 saturated carbocycles. The maximum absolute atomic E-state index is 12.5. The predicted molar refractivity (Wildman–Crippen MR) is 89.9 cm³/mol. The van der Waals surface area contributed by atoms with Crippen LogP contribution in [0.15, 0.2) is 54.6 Å². The molecule has 2 aromatic rings. The lowest BCUT2D eigenvalue weighted by atomic mass is 9.99. The van der Waals surface area contributed by atoms with E-state index in [2.05, 4.69) is 5.32 Å². The van der Waals surface area contributed by atoms with E-state index in [4.69, 9.17) is 0 Å². The average molecular weight is 297 g/mol. The third kappa shape index (κ3) is 4.04. The Balaban J connectivity index is 0.00000264. The second kappa shape index (κ2) is 7.55. The molecule has 2 rings (SSSR count). The highest BCUT2D eigenvalue weighted by Gasteiger charge is 2.13. The molecule has 0 aromatic heterocycles. The fraction of sp³-hybridized carbons (Fsp3) is 0.263. The molecule has 1 N–H and O–H groups in total. The molecule has 0 heterocycles. The maximum Gasteiger partial charge on any atom is 0.220 e. The fourth-order valence-electron chi connectivity index (χ4n) is 2.33. The molecule has 0 fully saturated rings. The third-order valence-electron chi connectivity index (χ3n) is 3.54. The fourth-order valence-corrected chi connectivity index (χ4v) is 2.33. The molecule has 0 aliphatic rings. The normalized spacial score (nSPS) is 11.7. The molecule has 0 radical (unpaired) electrons. The minimum absolute atomic E-state index is 0. The standard InChI is InChI=1S/C19H21NO2.H2/c1-3-8-18(21)20-14(2)16-11-7-12-17(13-16)19(22)15-9-5-4-6-10-15;/h4-7,9-14H,3,8H2,1-2H3,(H,20,21);1H/t14-;/m0./s1. The zero-order chi connectivity index (χ0) is 15.9. The largest absolute Gasteiger partial charge is 0.350 e. The highest BCUT2D eigenvalue weighted by Crippen LogP contribution is 2.17. The van der Waals surface area contributed by atoms with Crippen molar-refractivity contribution in [2.45, 2.75) is 32.7 Å². The van der Waals surface area contributed by atoms with E-state index in [-0.39, 0.29) is 19.2 Å². The van der Waals surface area contributed by atoms with Gasteiger partial charge in [0, 0.05) is 19.0 Å². The zero-order valence-corrected chi connectivity index (χ0v) is 13.0. The van der Waals surface area contributed by atoms with E-state index in [1.807, 2.05) is 62.4 Å². The summed E-state index contributed by atoms with van der Waals surface area (Å²) >= 11 is 0. The van der Waals surface area contributed by atoms with Crippen LogP contribution in [0.5, 0.6) is 0 Å². The van der Waals surface area contributed by atoms with Gasteiger partial charge in [0.05, 0.1) is 6.04 Å². The van der Waals surface area contributed by atoms with Gasteiger partial charge in [-0.25, -0.2) is 0 Å². The van der Waals surface area contributed by atoms with Gasteiger partial charge in [0.15, 0.2) is 5.78 Å². The summed E-state index contributed by atoms with van der Waals surface area (Å²) in [6, 6.07) is 16.5. The number of hydrogen-bond donors (Lipinski definition) is 1. The van der Waals surface area contributed by atoms with E-state index >= 15 is 0 Å². The molecule has 3 heteroatoms. The molecular weight excluding hydrogens is 274 g/mol. The molecule has 0 unspecified atom stereocenters. The Morgan fingerprint density at radius 2 is 1.73 bits per heavy atom. The summed E-state index contributed by atoms with van der Waals surface area (Å²) in [5.74, 6) is 0.0318. The van der Waals surface area contributed by atoms with Crippen molar-refractivity contribution in [2.75, 3.05) is 0 Å². The van der Waals surface area contributed by atoms with Crippen LogP contribution in [-0.2, 0) is 4.79 Å². The summed E-state index contributed by atoms with van der Waals surface area (Å²) in [5, 5.41) is 2.95. The summed E-state index contributed by atoms with van der Waals surface area (Å²) in [6.45, 7) is 3.91. The first-order chi connectivity index (χ1) is 10.6. The van der Waals surface area contributed by atoms with Gasteiger partial charge in [0.2, 0.25) is 5.91 Å². The second-order valence-electron chi connectivity index (χ2n) is 5.36. The molecule has 0 saturated heterocycles. The predicted octanol–water partition coefficient (Wildman–Crippen LogP) is 4.14. The molecule has 0 bridgehead atoms. The summed E-state index contributed by atoms with van der Waals surface area (Å²) in [7, 11) is 0. The van der Waals surface area contributed by atoms with Crippen molar-refractivity contribution in [3.8, 4) is 0 Å². The van der Waals surface area contributed by atoms with Gasteiger partial charge >= 0.3 is 0 Å². The number of carbonyl (C=O) groups is 2. The first-order valence-electron chi connectivity index (χ1n) is 7.61. The molecule has 2 aromatic carbocycles. The third-order valence-corrected chi connectivity index (χ3v) is 3.54. The molecular formula is C19H23NO2. The summed E-state index contributed by atoms with van der Waals surface area (Å²) < 4.78 is 0. The first-order valence-corrected chi connectivity index (χ1v) is 7.61. The van der Waals surface area contributed by atoms with Crippen LogP contribution < -0.4 is 5.32 Å². The highest BCUT2D eigenvalue weighted by atomic mass is 16.1. The van der Waals surface area contributed by atoms with Crippen LogP contribution in [0.3, 0.4) is 0 Å². The van der Waals surface area contributed by atoms with E-state index in [1.54, 1.807) is 6.07 Å². The van der Waals surface area contributed by atoms with Crippen molar-refractivity contribution in [1.82, 2.24) is 5.32 Å². The lowest BCUT2D eigenvalue weighted by Gasteiger charge is -2.15. The van der Waals surface area contributed by atoms with Crippen LogP contribution in [0.1, 0.15) is 55.6 Å². The number of ketones is 1. The van der Waals surface area contributed by atoms with Crippen LogP contribution >= 0.6 is 0 Å². The van der Waals surface area contributed by atoms with Crippen molar-refractivity contribution in [1.29, 1.82) is 0 Å². The van der Waals surface area contributed by atoms with E-state index in [1.165, 1.54) is 0 Å². The van der Waals surface area contributed by atoms with Gasteiger partial charge in [0.1, 0.15) is 0 Å². The Kier molecular flexibility index (Phi) is 5.48. The van der Waals surface area contributed by atoms with Gasteiger partial charge in [-0.2, -0.15) is 0 Å². The van der Waals surface area contributed by atoms with Crippen LogP contribution in [-0.4, -0.2) is 11.7 Å². The number of benzene rings is 2. The molecule has 22 heavy (non-hydrogen) atoms. The Hall–Kier alpha value is -2.42. The van der Waals surface area contributed by atoms with Crippen LogP contribution in [0.2, 0.25) is 0 Å². The Bertz CT molecular complexity index is 655. The average Bonchev–Trinajstić information content (AvgIpc) is 2.55. The SMILES string of the molecule is CCCC(=O)N[C@@H](C)c1cccc(C(=O)c2ccccc2)c1.[HH]. The van der Waals surface area contributed by atoms with Crippen molar-refractivity contribution in [3.63, 3.8) is 0 Å². The van der Waals surface area contributed by atoms with Gasteiger partial charge in [-0.1, -0.05) is 55.5 Å². The van der Waals surface area contributed by atoms with Crippen molar-refractivity contribution >= 4 is 11.7 Å². The Morgan fingerprint density at radius 3 is 2.41 bits per heavy atom. The number of rotatable bonds is 6. The molecule has 0 aliphatic heterocycles. The van der Waals surface area contributed by atoms with E-state index < -0.39 is 0 Å². The number of carbonyl (C=O) groups excluding carboxylic acids is 2. The lowest BCUT2D eigenvalue weighted by molar-refractivity contribution is -0.121. The van der Waals surface area contributed by atoms with E-state index in [9.17, 15) is 9.59 Å². The molecule has 1 atom stereocenters. The van der Waals surface area contributed by atoms with Gasteiger partial charge in [-0.05, 0) is 25.0 Å².